The number of hydrogen-bond donors (Lipinski definition) is 3. The molecule has 1 heterocycles. The maximum absolute atomic E-state index is 9.31. The van der Waals surface area contributed by atoms with Gasteiger partial charge in [0.25, 0.3) is 0 Å². The van der Waals surface area contributed by atoms with Crippen molar-refractivity contribution in [2.24, 2.45) is 0 Å². The molecule has 4 nitrogen and oxygen atoms in total. The van der Waals surface area contributed by atoms with Gasteiger partial charge in [0.2, 0.25) is 5.88 Å². The summed E-state index contributed by atoms with van der Waals surface area (Å²) in [6.45, 7) is 0. The summed E-state index contributed by atoms with van der Waals surface area (Å²) in [5, 5.41) is 27.7. The van der Waals surface area contributed by atoms with Crippen LogP contribution in [0.3, 0.4) is 0 Å². The molecule has 1 fully saturated rings. The molecule has 0 radical (unpaired) electrons. The molecular weight excluding hydrogens is 158 g/mol. The normalized spacial score (nSPS) is 17.7. The average molecular weight is 169 g/mol. The molecule has 2 rings (SSSR count). The van der Waals surface area contributed by atoms with Gasteiger partial charge in [0.05, 0.1) is 0 Å². The monoisotopic (exact) mass is 169 g/mol. The molecule has 12 heavy (non-hydrogen) atoms. The number of rotatable bonds is 1. The van der Waals surface area contributed by atoms with Crippen molar-refractivity contribution in [2.75, 3.05) is 0 Å². The first-order valence-electron chi connectivity index (χ1n) is 4.02. The van der Waals surface area contributed by atoms with Crippen molar-refractivity contribution in [3.05, 3.63) is 6.07 Å². The Morgan fingerprint density at radius 3 is 2.25 bits per heavy atom. The fourth-order valence-electron chi connectivity index (χ4n) is 1.49. The highest BCUT2D eigenvalue weighted by Gasteiger charge is 2.25. The van der Waals surface area contributed by atoms with Gasteiger partial charge in [0, 0.05) is 12.1 Å². The van der Waals surface area contributed by atoms with Gasteiger partial charge in [-0.3, -0.25) is 4.57 Å². The third kappa shape index (κ3) is 0.841. The van der Waals surface area contributed by atoms with Crippen molar-refractivity contribution < 1.29 is 15.3 Å². The minimum absolute atomic E-state index is 0.0605. The van der Waals surface area contributed by atoms with Crippen molar-refractivity contribution >= 4 is 0 Å². The van der Waals surface area contributed by atoms with Crippen LogP contribution in [0.1, 0.15) is 25.3 Å². The summed E-state index contributed by atoms with van der Waals surface area (Å²) >= 11 is 0. The predicted molar refractivity (Wildman–Crippen MR) is 42.3 cm³/mol. The maximum atomic E-state index is 9.31. The van der Waals surface area contributed by atoms with Gasteiger partial charge in [-0.15, -0.1) is 0 Å². The molecule has 0 spiro atoms. The first-order chi connectivity index (χ1) is 5.70. The second-order valence-corrected chi connectivity index (χ2v) is 3.17. The summed E-state index contributed by atoms with van der Waals surface area (Å²) in [6.07, 6.45) is 3.02. The van der Waals surface area contributed by atoms with E-state index in [-0.39, 0.29) is 23.6 Å². The Morgan fingerprint density at radius 2 is 1.92 bits per heavy atom. The van der Waals surface area contributed by atoms with E-state index in [0.29, 0.717) is 0 Å². The van der Waals surface area contributed by atoms with E-state index in [9.17, 15) is 10.2 Å². The van der Waals surface area contributed by atoms with Crippen LogP contribution in [-0.2, 0) is 0 Å². The van der Waals surface area contributed by atoms with E-state index in [1.54, 1.807) is 0 Å². The van der Waals surface area contributed by atoms with E-state index in [1.807, 2.05) is 0 Å². The van der Waals surface area contributed by atoms with Gasteiger partial charge in [0.15, 0.2) is 11.6 Å². The number of aromatic hydroxyl groups is 3. The Hall–Kier alpha value is -1.32. The van der Waals surface area contributed by atoms with Gasteiger partial charge in [-0.25, -0.2) is 0 Å². The Labute approximate surface area is 69.7 Å². The smallest absolute Gasteiger partial charge is 0.237 e. The summed E-state index contributed by atoms with van der Waals surface area (Å²) in [6, 6.07) is 1.32. The van der Waals surface area contributed by atoms with Crippen LogP contribution in [0.2, 0.25) is 0 Å². The molecule has 1 aliphatic carbocycles. The van der Waals surface area contributed by atoms with Crippen molar-refractivity contribution in [3.8, 4) is 17.5 Å². The van der Waals surface area contributed by atoms with Crippen molar-refractivity contribution in [1.82, 2.24) is 4.57 Å². The van der Waals surface area contributed by atoms with Gasteiger partial charge in [-0.1, -0.05) is 0 Å². The van der Waals surface area contributed by atoms with Crippen molar-refractivity contribution in [3.63, 3.8) is 0 Å². The molecule has 1 aliphatic rings. The molecule has 0 unspecified atom stereocenters. The summed E-state index contributed by atoms with van der Waals surface area (Å²) in [5.41, 5.74) is 0. The summed E-state index contributed by atoms with van der Waals surface area (Å²) < 4.78 is 1.37. The lowest BCUT2D eigenvalue weighted by Crippen LogP contribution is -2.15. The van der Waals surface area contributed by atoms with Gasteiger partial charge in [-0.05, 0) is 19.3 Å². The largest absolute Gasteiger partial charge is 0.503 e. The second kappa shape index (κ2) is 2.33. The highest BCUT2D eigenvalue weighted by molar-refractivity contribution is 5.40. The highest BCUT2D eigenvalue weighted by Crippen LogP contribution is 2.43. The van der Waals surface area contributed by atoms with Gasteiger partial charge in [-0.2, -0.15) is 0 Å². The molecule has 1 aromatic rings. The summed E-state index contributed by atoms with van der Waals surface area (Å²) in [5.74, 6) is -0.536. The lowest BCUT2D eigenvalue weighted by Gasteiger charge is -2.27. The number of aromatic nitrogens is 1. The van der Waals surface area contributed by atoms with Crippen LogP contribution in [0.4, 0.5) is 0 Å². The first kappa shape index (κ1) is 7.34. The van der Waals surface area contributed by atoms with Crippen LogP contribution in [0.5, 0.6) is 17.5 Å². The maximum Gasteiger partial charge on any atom is 0.237 e. The topological polar surface area (TPSA) is 65.6 Å². The van der Waals surface area contributed by atoms with Crippen LogP contribution < -0.4 is 0 Å². The highest BCUT2D eigenvalue weighted by atomic mass is 16.3. The third-order valence-electron chi connectivity index (χ3n) is 2.41. The average Bonchev–Trinajstić information content (AvgIpc) is 2.13. The van der Waals surface area contributed by atoms with E-state index in [4.69, 9.17) is 5.11 Å². The Morgan fingerprint density at radius 1 is 1.25 bits per heavy atom. The van der Waals surface area contributed by atoms with Crippen LogP contribution in [0, 0.1) is 0 Å². The Bertz CT molecular complexity index is 301. The minimum Gasteiger partial charge on any atom is -0.503 e. The summed E-state index contributed by atoms with van der Waals surface area (Å²) in [7, 11) is 0. The molecule has 0 amide bonds. The van der Waals surface area contributed by atoms with E-state index in [0.717, 1.165) is 25.3 Å². The van der Waals surface area contributed by atoms with E-state index < -0.39 is 0 Å². The molecule has 66 valence electrons. The SMILES string of the molecule is Oc1cc(O)n(C2CCC2)c1O. The van der Waals surface area contributed by atoms with E-state index in [2.05, 4.69) is 0 Å². The zero-order valence-electron chi connectivity index (χ0n) is 6.56. The first-order valence-corrected chi connectivity index (χ1v) is 4.02. The molecule has 0 atom stereocenters. The van der Waals surface area contributed by atoms with Gasteiger partial charge < -0.3 is 15.3 Å². The van der Waals surface area contributed by atoms with Gasteiger partial charge >= 0.3 is 0 Å². The molecular formula is C8H11NO3. The zero-order chi connectivity index (χ0) is 8.72. The van der Waals surface area contributed by atoms with Crippen LogP contribution >= 0.6 is 0 Å². The predicted octanol–water partition coefficient (Wildman–Crippen LogP) is 1.33. The Balaban J connectivity index is 2.40. The molecule has 1 aromatic heterocycles. The standard InChI is InChI=1S/C8H11NO3/c10-6-4-7(11)9(8(6)12)5-2-1-3-5/h4-5,10-12H,1-3H2. The second-order valence-electron chi connectivity index (χ2n) is 3.17. The van der Waals surface area contributed by atoms with Crippen LogP contribution in [0.25, 0.3) is 0 Å². The van der Waals surface area contributed by atoms with E-state index in [1.165, 1.54) is 4.57 Å². The summed E-state index contributed by atoms with van der Waals surface area (Å²) in [4.78, 5) is 0. The van der Waals surface area contributed by atoms with Gasteiger partial charge in [0.1, 0.15) is 0 Å². The molecule has 1 saturated carbocycles. The number of hydrogen-bond acceptors (Lipinski definition) is 3. The third-order valence-corrected chi connectivity index (χ3v) is 2.41. The molecule has 0 aliphatic heterocycles. The molecule has 0 aromatic carbocycles. The molecule has 4 heteroatoms. The van der Waals surface area contributed by atoms with E-state index >= 15 is 0 Å². The molecule has 0 bridgehead atoms. The lowest BCUT2D eigenvalue weighted by molar-refractivity contribution is 0.249. The minimum atomic E-state index is -0.251. The lowest BCUT2D eigenvalue weighted by atomic mass is 9.93. The Kier molecular flexibility index (Phi) is 1.43. The quantitative estimate of drug-likeness (QED) is 0.594. The fourth-order valence-corrected chi connectivity index (χ4v) is 1.49. The molecule has 3 N–H and O–H groups in total. The van der Waals surface area contributed by atoms with Crippen LogP contribution in [0.15, 0.2) is 6.07 Å². The van der Waals surface area contributed by atoms with Crippen molar-refractivity contribution in [1.29, 1.82) is 0 Å². The van der Waals surface area contributed by atoms with Crippen molar-refractivity contribution in [2.45, 2.75) is 25.3 Å². The zero-order valence-corrected chi connectivity index (χ0v) is 6.56. The number of nitrogens with zero attached hydrogens (tertiary/aromatic N) is 1. The fraction of sp³-hybridized carbons (Fsp3) is 0.500. The molecule has 0 saturated heterocycles. The van der Waals surface area contributed by atoms with Crippen LogP contribution in [-0.4, -0.2) is 19.9 Å².